The third kappa shape index (κ3) is 6.78. The molecule has 0 radical (unpaired) electrons. The molecular formula is C12H12Cl2F3NO2S. The van der Waals surface area contributed by atoms with Crippen molar-refractivity contribution in [3.8, 4) is 0 Å². The van der Waals surface area contributed by atoms with E-state index in [1.54, 1.807) is 6.07 Å². The van der Waals surface area contributed by atoms with Crippen molar-refractivity contribution in [1.82, 2.24) is 4.90 Å². The van der Waals surface area contributed by atoms with Gasteiger partial charge in [-0.15, -0.1) is 11.8 Å². The molecule has 1 rings (SSSR count). The maximum atomic E-state index is 12.3. The fourth-order valence-electron chi connectivity index (χ4n) is 1.45. The summed E-state index contributed by atoms with van der Waals surface area (Å²) >= 11 is 12.7. The Labute approximate surface area is 134 Å². The van der Waals surface area contributed by atoms with Gasteiger partial charge in [0.2, 0.25) is 5.91 Å². The highest BCUT2D eigenvalue weighted by Crippen LogP contribution is 2.30. The number of thioether (sulfide) groups is 1. The number of benzene rings is 1. The zero-order valence-corrected chi connectivity index (χ0v) is 13.0. The first-order valence-electron chi connectivity index (χ1n) is 5.76. The van der Waals surface area contributed by atoms with E-state index in [2.05, 4.69) is 0 Å². The Morgan fingerprint density at radius 2 is 2.00 bits per heavy atom. The third-order valence-corrected chi connectivity index (χ3v) is 4.05. The average molecular weight is 362 g/mol. The van der Waals surface area contributed by atoms with Gasteiger partial charge < -0.3 is 10.0 Å². The lowest BCUT2D eigenvalue weighted by Gasteiger charge is -2.23. The minimum Gasteiger partial charge on any atom is -0.395 e. The molecule has 0 aliphatic heterocycles. The van der Waals surface area contributed by atoms with Crippen LogP contribution in [0.15, 0.2) is 23.1 Å². The zero-order valence-electron chi connectivity index (χ0n) is 10.7. The van der Waals surface area contributed by atoms with Crippen LogP contribution >= 0.6 is 35.0 Å². The van der Waals surface area contributed by atoms with Gasteiger partial charge in [-0.2, -0.15) is 13.2 Å². The monoisotopic (exact) mass is 361 g/mol. The van der Waals surface area contributed by atoms with Crippen molar-refractivity contribution in [2.75, 3.05) is 25.4 Å². The molecule has 1 aromatic rings. The fraction of sp³-hybridized carbons (Fsp3) is 0.417. The van der Waals surface area contributed by atoms with E-state index in [1.807, 2.05) is 0 Å². The van der Waals surface area contributed by atoms with Crippen LogP contribution < -0.4 is 0 Å². The van der Waals surface area contributed by atoms with Gasteiger partial charge in [0, 0.05) is 16.5 Å². The van der Waals surface area contributed by atoms with Gasteiger partial charge in [-0.3, -0.25) is 4.79 Å². The first kappa shape index (κ1) is 18.4. The normalized spacial score (nSPS) is 11.5. The maximum Gasteiger partial charge on any atom is 0.406 e. The molecule has 0 saturated heterocycles. The predicted molar refractivity (Wildman–Crippen MR) is 76.9 cm³/mol. The van der Waals surface area contributed by atoms with Crippen molar-refractivity contribution in [2.24, 2.45) is 0 Å². The first-order chi connectivity index (χ1) is 9.73. The van der Waals surface area contributed by atoms with E-state index in [0.29, 0.717) is 19.8 Å². The lowest BCUT2D eigenvalue weighted by Crippen LogP contribution is -2.41. The molecule has 3 nitrogen and oxygen atoms in total. The summed E-state index contributed by atoms with van der Waals surface area (Å²) in [5, 5.41) is 9.52. The molecule has 0 heterocycles. The summed E-state index contributed by atoms with van der Waals surface area (Å²) < 4.78 is 37.0. The number of alkyl halides is 3. The van der Waals surface area contributed by atoms with Crippen LogP contribution in [0.4, 0.5) is 13.2 Å². The molecule has 1 N–H and O–H groups in total. The summed E-state index contributed by atoms with van der Waals surface area (Å²) in [6.45, 7) is -2.30. The van der Waals surface area contributed by atoms with Crippen molar-refractivity contribution in [1.29, 1.82) is 0 Å². The second-order valence-electron chi connectivity index (χ2n) is 4.02. The number of carbonyl (C=O) groups excluding carboxylic acids is 1. The van der Waals surface area contributed by atoms with Crippen LogP contribution in [0.5, 0.6) is 0 Å². The Morgan fingerprint density at radius 3 is 2.57 bits per heavy atom. The number of aliphatic hydroxyl groups is 1. The lowest BCUT2D eigenvalue weighted by molar-refractivity contribution is -0.160. The molecule has 0 spiro atoms. The van der Waals surface area contributed by atoms with Crippen LogP contribution in [0.1, 0.15) is 0 Å². The summed E-state index contributed by atoms with van der Waals surface area (Å²) in [5.74, 6) is -0.960. The summed E-state index contributed by atoms with van der Waals surface area (Å²) in [5.41, 5.74) is 0. The van der Waals surface area contributed by atoms with Crippen molar-refractivity contribution in [2.45, 2.75) is 11.1 Å². The van der Waals surface area contributed by atoms with Crippen molar-refractivity contribution in [3.05, 3.63) is 28.2 Å². The van der Waals surface area contributed by atoms with E-state index in [0.717, 1.165) is 11.8 Å². The van der Waals surface area contributed by atoms with Gasteiger partial charge in [0.25, 0.3) is 0 Å². The quantitative estimate of drug-likeness (QED) is 0.788. The van der Waals surface area contributed by atoms with Gasteiger partial charge >= 0.3 is 6.18 Å². The SMILES string of the molecule is O=C(CSc1cc(Cl)ccc1Cl)N(CCO)CC(F)(F)F. The Morgan fingerprint density at radius 1 is 1.33 bits per heavy atom. The Hall–Kier alpha value is -0.630. The van der Waals surface area contributed by atoms with E-state index in [-0.39, 0.29) is 12.3 Å². The molecule has 1 amide bonds. The smallest absolute Gasteiger partial charge is 0.395 e. The minimum absolute atomic E-state index is 0.226. The number of nitrogens with zero attached hydrogens (tertiary/aromatic N) is 1. The molecular weight excluding hydrogens is 350 g/mol. The van der Waals surface area contributed by atoms with Gasteiger partial charge in [0.1, 0.15) is 6.54 Å². The number of aliphatic hydroxyl groups excluding tert-OH is 1. The average Bonchev–Trinajstić information content (AvgIpc) is 2.37. The Kier molecular flexibility index (Phi) is 7.12. The lowest BCUT2D eigenvalue weighted by atomic mass is 10.4. The number of hydrogen-bond donors (Lipinski definition) is 1. The molecule has 21 heavy (non-hydrogen) atoms. The van der Waals surface area contributed by atoms with Crippen LogP contribution in [0.2, 0.25) is 10.0 Å². The van der Waals surface area contributed by atoms with Gasteiger partial charge in [-0.05, 0) is 18.2 Å². The number of carbonyl (C=O) groups is 1. The zero-order chi connectivity index (χ0) is 16.0. The highest BCUT2D eigenvalue weighted by molar-refractivity contribution is 8.00. The van der Waals surface area contributed by atoms with E-state index >= 15 is 0 Å². The molecule has 0 aliphatic rings. The van der Waals surface area contributed by atoms with E-state index in [4.69, 9.17) is 28.3 Å². The number of hydrogen-bond acceptors (Lipinski definition) is 3. The van der Waals surface area contributed by atoms with Gasteiger partial charge in [-0.1, -0.05) is 23.2 Å². The largest absolute Gasteiger partial charge is 0.406 e. The molecule has 0 unspecified atom stereocenters. The highest BCUT2D eigenvalue weighted by Gasteiger charge is 2.32. The second kappa shape index (κ2) is 8.12. The van der Waals surface area contributed by atoms with Crippen molar-refractivity contribution in [3.63, 3.8) is 0 Å². The molecule has 1 aromatic carbocycles. The summed E-state index contributed by atoms with van der Waals surface area (Å²) in [7, 11) is 0. The maximum absolute atomic E-state index is 12.3. The third-order valence-electron chi connectivity index (χ3n) is 2.34. The summed E-state index contributed by atoms with van der Waals surface area (Å²) in [6, 6.07) is 4.64. The van der Waals surface area contributed by atoms with Gasteiger partial charge in [-0.25, -0.2) is 0 Å². The number of amides is 1. The molecule has 0 aliphatic carbocycles. The van der Waals surface area contributed by atoms with Crippen LogP contribution in [-0.2, 0) is 4.79 Å². The molecule has 0 saturated carbocycles. The van der Waals surface area contributed by atoms with Crippen LogP contribution in [-0.4, -0.2) is 47.5 Å². The second-order valence-corrected chi connectivity index (χ2v) is 5.88. The Balaban J connectivity index is 2.67. The van der Waals surface area contributed by atoms with E-state index in [1.165, 1.54) is 12.1 Å². The van der Waals surface area contributed by atoms with Crippen LogP contribution in [0.25, 0.3) is 0 Å². The van der Waals surface area contributed by atoms with Crippen LogP contribution in [0, 0.1) is 0 Å². The molecule has 9 heteroatoms. The molecule has 118 valence electrons. The number of halogens is 5. The summed E-state index contributed by atoms with van der Waals surface area (Å²) in [6.07, 6.45) is -4.51. The predicted octanol–water partition coefficient (Wildman–Crippen LogP) is 3.47. The topological polar surface area (TPSA) is 40.5 Å². The van der Waals surface area contributed by atoms with E-state index < -0.39 is 25.2 Å². The van der Waals surface area contributed by atoms with Crippen LogP contribution in [0.3, 0.4) is 0 Å². The molecule has 0 atom stereocenters. The number of rotatable bonds is 6. The van der Waals surface area contributed by atoms with Crippen molar-refractivity contribution < 1.29 is 23.1 Å². The highest BCUT2D eigenvalue weighted by atomic mass is 35.5. The van der Waals surface area contributed by atoms with Gasteiger partial charge in [0.15, 0.2) is 0 Å². The Bertz CT molecular complexity index is 500. The van der Waals surface area contributed by atoms with Crippen molar-refractivity contribution >= 4 is 40.9 Å². The molecule has 0 aromatic heterocycles. The molecule has 0 bridgehead atoms. The first-order valence-corrected chi connectivity index (χ1v) is 7.50. The van der Waals surface area contributed by atoms with E-state index in [9.17, 15) is 18.0 Å². The fourth-order valence-corrected chi connectivity index (χ4v) is 2.84. The minimum atomic E-state index is -4.51. The summed E-state index contributed by atoms with van der Waals surface area (Å²) in [4.78, 5) is 12.9. The molecule has 0 fully saturated rings. The standard InChI is InChI=1S/C12H12Cl2F3NO2S/c13-8-1-2-9(14)10(5-8)21-6-11(20)18(3-4-19)7-12(15,16)17/h1-2,5,19H,3-4,6-7H2. The van der Waals surface area contributed by atoms with Gasteiger partial charge in [0.05, 0.1) is 17.4 Å².